The fraction of sp³-hybridized carbons (Fsp3) is 0. The number of aromatic carboxylic acids is 1. The van der Waals surface area contributed by atoms with Crippen LogP contribution >= 0.6 is 0 Å². The molecule has 3 aromatic rings. The van der Waals surface area contributed by atoms with Gasteiger partial charge in [0.2, 0.25) is 0 Å². The van der Waals surface area contributed by atoms with Crippen LogP contribution in [0.4, 0.5) is 0 Å². The summed E-state index contributed by atoms with van der Waals surface area (Å²) in [6.45, 7) is 0. The Bertz CT molecular complexity index is 796. The van der Waals surface area contributed by atoms with E-state index in [4.69, 9.17) is 9.63 Å². The molecule has 18 heavy (non-hydrogen) atoms. The molecule has 0 fully saturated rings. The molecule has 3 N–H and O–H groups in total. The van der Waals surface area contributed by atoms with Crippen molar-refractivity contribution in [2.24, 2.45) is 0 Å². The molecule has 0 saturated heterocycles. The molecule has 0 saturated carbocycles. The Morgan fingerprint density at radius 3 is 2.72 bits per heavy atom. The molecule has 3 rings (SSSR count). The maximum Gasteiger partial charge on any atom is 0.358 e. The summed E-state index contributed by atoms with van der Waals surface area (Å²) < 4.78 is 4.93. The highest BCUT2D eigenvalue weighted by Gasteiger charge is 2.12. The van der Waals surface area contributed by atoms with Gasteiger partial charge in [0.1, 0.15) is 0 Å². The lowest BCUT2D eigenvalue weighted by atomic mass is 10.1. The van der Waals surface area contributed by atoms with Crippen molar-refractivity contribution >= 4 is 17.0 Å². The zero-order valence-corrected chi connectivity index (χ0v) is 8.93. The monoisotopic (exact) mass is 245 g/mol. The predicted octanol–water partition coefficient (Wildman–Crippen LogP) is 1.21. The van der Waals surface area contributed by atoms with Gasteiger partial charge in [-0.1, -0.05) is 5.16 Å². The van der Waals surface area contributed by atoms with E-state index in [0.29, 0.717) is 22.4 Å². The summed E-state index contributed by atoms with van der Waals surface area (Å²) in [6, 6.07) is 6.41. The average Bonchev–Trinajstić information content (AvgIpc) is 2.91. The van der Waals surface area contributed by atoms with Gasteiger partial charge >= 0.3 is 11.7 Å². The molecule has 0 aliphatic carbocycles. The number of nitrogens with zero attached hydrogens (tertiary/aromatic N) is 1. The third-order valence-corrected chi connectivity index (χ3v) is 2.53. The first-order chi connectivity index (χ1) is 8.63. The fourth-order valence-electron chi connectivity index (χ4n) is 1.70. The Kier molecular flexibility index (Phi) is 2.06. The minimum Gasteiger partial charge on any atom is -0.476 e. The first kappa shape index (κ1) is 10.3. The Hall–Kier alpha value is -2.83. The van der Waals surface area contributed by atoms with Gasteiger partial charge in [0.05, 0.1) is 11.0 Å². The summed E-state index contributed by atoms with van der Waals surface area (Å²) in [6.07, 6.45) is 0. The van der Waals surface area contributed by atoms with Crippen LogP contribution in [0.1, 0.15) is 10.5 Å². The molecule has 0 radical (unpaired) electrons. The van der Waals surface area contributed by atoms with Gasteiger partial charge in [-0.2, -0.15) is 0 Å². The van der Waals surface area contributed by atoms with Crippen LogP contribution in [0.2, 0.25) is 0 Å². The Morgan fingerprint density at radius 2 is 2.00 bits per heavy atom. The van der Waals surface area contributed by atoms with Gasteiger partial charge in [-0.05, 0) is 18.2 Å². The van der Waals surface area contributed by atoms with Crippen molar-refractivity contribution in [2.75, 3.05) is 0 Å². The summed E-state index contributed by atoms with van der Waals surface area (Å²) in [7, 11) is 0. The molecule has 0 bridgehead atoms. The van der Waals surface area contributed by atoms with Crippen LogP contribution in [-0.2, 0) is 0 Å². The van der Waals surface area contributed by atoms with Gasteiger partial charge in [-0.3, -0.25) is 0 Å². The molecule has 0 atom stereocenters. The normalized spacial score (nSPS) is 10.9. The number of H-pyrrole nitrogens is 2. The van der Waals surface area contributed by atoms with E-state index in [1.54, 1.807) is 18.2 Å². The first-order valence-electron chi connectivity index (χ1n) is 5.06. The van der Waals surface area contributed by atoms with Crippen molar-refractivity contribution in [3.8, 4) is 11.3 Å². The highest BCUT2D eigenvalue weighted by molar-refractivity contribution is 5.87. The molecular weight excluding hydrogens is 238 g/mol. The fourth-order valence-corrected chi connectivity index (χ4v) is 1.70. The molecule has 0 aliphatic heterocycles. The van der Waals surface area contributed by atoms with E-state index < -0.39 is 5.97 Å². The molecule has 7 heteroatoms. The van der Waals surface area contributed by atoms with Crippen molar-refractivity contribution < 1.29 is 14.4 Å². The van der Waals surface area contributed by atoms with E-state index in [1.165, 1.54) is 6.07 Å². The third kappa shape index (κ3) is 1.58. The van der Waals surface area contributed by atoms with Crippen LogP contribution in [0.15, 0.2) is 33.6 Å². The standard InChI is InChI=1S/C11H7N3O4/c15-10(16)8-4-9(18-14-8)5-1-2-6-7(3-5)13-11(17)12-6/h1-4H,(H,15,16)(H2,12,13,17). The molecule has 2 heterocycles. The van der Waals surface area contributed by atoms with Crippen molar-refractivity contribution in [1.82, 2.24) is 15.1 Å². The summed E-state index contributed by atoms with van der Waals surface area (Å²) in [5.74, 6) is -0.822. The topological polar surface area (TPSA) is 112 Å². The zero-order chi connectivity index (χ0) is 12.7. The number of carboxylic acids is 1. The molecular formula is C11H7N3O4. The van der Waals surface area contributed by atoms with Gasteiger partial charge in [0.15, 0.2) is 11.5 Å². The van der Waals surface area contributed by atoms with Crippen LogP contribution < -0.4 is 5.69 Å². The van der Waals surface area contributed by atoms with E-state index in [2.05, 4.69) is 15.1 Å². The lowest BCUT2D eigenvalue weighted by Gasteiger charge is -1.94. The Morgan fingerprint density at radius 1 is 1.22 bits per heavy atom. The number of aromatic nitrogens is 3. The van der Waals surface area contributed by atoms with Gasteiger partial charge in [-0.15, -0.1) is 0 Å². The second kappa shape index (κ2) is 3.59. The molecule has 0 unspecified atom stereocenters. The number of aromatic amines is 2. The zero-order valence-electron chi connectivity index (χ0n) is 8.93. The van der Waals surface area contributed by atoms with Gasteiger partial charge in [0.25, 0.3) is 0 Å². The van der Waals surface area contributed by atoms with Crippen LogP contribution in [0, 0.1) is 0 Å². The highest BCUT2D eigenvalue weighted by atomic mass is 16.5. The Labute approximate surface area is 99.0 Å². The van der Waals surface area contributed by atoms with Gasteiger partial charge in [0, 0.05) is 11.6 Å². The lowest BCUT2D eigenvalue weighted by Crippen LogP contribution is -1.99. The molecule has 1 aromatic carbocycles. The van der Waals surface area contributed by atoms with Crippen molar-refractivity contribution in [3.63, 3.8) is 0 Å². The van der Waals surface area contributed by atoms with Crippen molar-refractivity contribution in [1.29, 1.82) is 0 Å². The number of hydrogen-bond acceptors (Lipinski definition) is 4. The number of carboxylic acid groups (broad SMARTS) is 1. The van der Waals surface area contributed by atoms with Gasteiger partial charge < -0.3 is 19.6 Å². The molecule has 7 nitrogen and oxygen atoms in total. The number of rotatable bonds is 2. The summed E-state index contributed by atoms with van der Waals surface area (Å²) in [4.78, 5) is 27.0. The largest absolute Gasteiger partial charge is 0.476 e. The van der Waals surface area contributed by atoms with E-state index in [9.17, 15) is 9.59 Å². The highest BCUT2D eigenvalue weighted by Crippen LogP contribution is 2.23. The van der Waals surface area contributed by atoms with Crippen LogP contribution in [0.3, 0.4) is 0 Å². The summed E-state index contributed by atoms with van der Waals surface area (Å²) >= 11 is 0. The smallest absolute Gasteiger partial charge is 0.358 e. The van der Waals surface area contributed by atoms with Crippen LogP contribution in [0.25, 0.3) is 22.4 Å². The van der Waals surface area contributed by atoms with E-state index in [-0.39, 0.29) is 11.4 Å². The maximum absolute atomic E-state index is 11.1. The first-order valence-corrected chi connectivity index (χ1v) is 5.06. The number of benzene rings is 1. The SMILES string of the molecule is O=C(O)c1cc(-c2ccc3[nH]c(=O)[nH]c3c2)on1. The lowest BCUT2D eigenvalue weighted by molar-refractivity contribution is 0.0686. The van der Waals surface area contributed by atoms with E-state index in [0.717, 1.165) is 0 Å². The second-order valence-electron chi connectivity index (χ2n) is 3.72. The van der Waals surface area contributed by atoms with Crippen molar-refractivity contribution in [2.45, 2.75) is 0 Å². The minimum absolute atomic E-state index is 0.160. The molecule has 0 spiro atoms. The molecule has 0 amide bonds. The summed E-state index contributed by atoms with van der Waals surface area (Å²) in [5.41, 5.74) is 1.46. The number of imidazole rings is 1. The van der Waals surface area contributed by atoms with E-state index in [1.807, 2.05) is 0 Å². The van der Waals surface area contributed by atoms with E-state index >= 15 is 0 Å². The number of carbonyl (C=O) groups is 1. The predicted molar refractivity (Wildman–Crippen MR) is 61.4 cm³/mol. The summed E-state index contributed by atoms with van der Waals surface area (Å²) in [5, 5.41) is 12.2. The van der Waals surface area contributed by atoms with Gasteiger partial charge in [-0.25, -0.2) is 9.59 Å². The molecule has 0 aliphatic rings. The molecule has 90 valence electrons. The second-order valence-corrected chi connectivity index (χ2v) is 3.72. The quantitative estimate of drug-likeness (QED) is 0.628. The van der Waals surface area contributed by atoms with Crippen molar-refractivity contribution in [3.05, 3.63) is 40.4 Å². The average molecular weight is 245 g/mol. The Balaban J connectivity index is 2.12. The third-order valence-electron chi connectivity index (χ3n) is 2.53. The number of hydrogen-bond donors (Lipinski definition) is 3. The maximum atomic E-state index is 11.1. The minimum atomic E-state index is -1.15. The number of nitrogens with one attached hydrogen (secondary N) is 2. The van der Waals surface area contributed by atoms with Crippen LogP contribution in [-0.4, -0.2) is 26.2 Å². The number of fused-ring (bicyclic) bond motifs is 1. The molecule has 2 aromatic heterocycles. The van der Waals surface area contributed by atoms with Crippen LogP contribution in [0.5, 0.6) is 0 Å².